The van der Waals surface area contributed by atoms with Crippen molar-refractivity contribution in [1.82, 2.24) is 0 Å². The molecule has 140 valence electrons. The molecule has 2 heterocycles. The van der Waals surface area contributed by atoms with E-state index in [1.165, 1.54) is 67.1 Å². The minimum atomic E-state index is 0.391. The second-order valence-electron chi connectivity index (χ2n) is 8.49. The molecule has 2 spiro atoms. The largest absolute Gasteiger partial charge is 0.143 e. The van der Waals surface area contributed by atoms with Crippen molar-refractivity contribution in [3.05, 3.63) is 23.3 Å². The van der Waals surface area contributed by atoms with Crippen LogP contribution < -0.4 is 0 Å². The number of fused-ring (bicyclic) bond motifs is 2. The van der Waals surface area contributed by atoms with Crippen LogP contribution in [-0.2, 0) is 0 Å². The highest BCUT2D eigenvalue weighted by molar-refractivity contribution is 8.19. The van der Waals surface area contributed by atoms with Crippen LogP contribution in [0.2, 0.25) is 0 Å². The molecule has 0 aromatic rings. The third-order valence-electron chi connectivity index (χ3n) is 7.07. The summed E-state index contributed by atoms with van der Waals surface area (Å²) in [5, 5.41) is 0. The minimum absolute atomic E-state index is 0.391. The van der Waals surface area contributed by atoms with Gasteiger partial charge in [-0.05, 0) is 86.9 Å². The average Bonchev–Trinajstić information content (AvgIpc) is 2.62. The van der Waals surface area contributed by atoms with E-state index in [2.05, 4.69) is 74.4 Å². The molecule has 0 aromatic carbocycles. The van der Waals surface area contributed by atoms with Crippen molar-refractivity contribution < 1.29 is 0 Å². The Morgan fingerprint density at radius 3 is 2.20 bits per heavy atom. The van der Waals surface area contributed by atoms with Gasteiger partial charge in [0.15, 0.2) is 0 Å². The Hall–Kier alpha value is 0.880. The molecule has 4 rings (SSSR count). The topological polar surface area (TPSA) is 0 Å². The van der Waals surface area contributed by atoms with E-state index in [0.717, 1.165) is 0 Å². The number of hydrogen-bond acceptors (Lipinski definition) is 4. The SMILES string of the molecule is C=C(C)[C@H]1CC2=C(C)C3(CC[C@]2(C)C2(C1)SCCCS2)SCCCS3. The molecule has 1 saturated carbocycles. The van der Waals surface area contributed by atoms with Crippen LogP contribution in [0.15, 0.2) is 23.3 Å². The zero-order valence-electron chi connectivity index (χ0n) is 16.0. The maximum absolute atomic E-state index is 4.39. The Morgan fingerprint density at radius 1 is 1.00 bits per heavy atom. The predicted octanol–water partition coefficient (Wildman–Crippen LogP) is 7.22. The normalized spacial score (nSPS) is 37.2. The molecule has 0 nitrogen and oxygen atoms in total. The van der Waals surface area contributed by atoms with Gasteiger partial charge in [0.1, 0.15) is 0 Å². The molecular weight excluding hydrogens is 380 g/mol. The molecule has 3 fully saturated rings. The van der Waals surface area contributed by atoms with Crippen molar-refractivity contribution in [2.24, 2.45) is 11.3 Å². The zero-order chi connectivity index (χ0) is 17.7. The fraction of sp³-hybridized carbons (Fsp3) is 0.810. The Balaban J connectivity index is 1.80. The van der Waals surface area contributed by atoms with Crippen molar-refractivity contribution >= 4 is 47.0 Å². The van der Waals surface area contributed by atoms with Gasteiger partial charge in [0, 0.05) is 5.41 Å². The van der Waals surface area contributed by atoms with Crippen molar-refractivity contribution in [3.63, 3.8) is 0 Å². The average molecular weight is 413 g/mol. The molecule has 4 heteroatoms. The summed E-state index contributed by atoms with van der Waals surface area (Å²) in [6.07, 6.45) is 8.18. The van der Waals surface area contributed by atoms with Crippen molar-refractivity contribution in [3.8, 4) is 0 Å². The second kappa shape index (κ2) is 7.04. The van der Waals surface area contributed by atoms with Crippen LogP contribution in [0.3, 0.4) is 0 Å². The van der Waals surface area contributed by atoms with Crippen LogP contribution in [0.25, 0.3) is 0 Å². The predicted molar refractivity (Wildman–Crippen MR) is 122 cm³/mol. The van der Waals surface area contributed by atoms with Gasteiger partial charge >= 0.3 is 0 Å². The molecule has 2 saturated heterocycles. The molecule has 0 unspecified atom stereocenters. The number of thioether (sulfide) groups is 4. The van der Waals surface area contributed by atoms with E-state index < -0.39 is 0 Å². The van der Waals surface area contributed by atoms with E-state index >= 15 is 0 Å². The minimum Gasteiger partial charge on any atom is -0.143 e. The molecule has 4 aliphatic rings. The monoisotopic (exact) mass is 412 g/mol. The Bertz CT molecular complexity index is 581. The zero-order valence-corrected chi connectivity index (χ0v) is 19.3. The summed E-state index contributed by atoms with van der Waals surface area (Å²) in [7, 11) is 0. The van der Waals surface area contributed by atoms with E-state index in [9.17, 15) is 0 Å². The fourth-order valence-corrected chi connectivity index (χ4v) is 12.8. The van der Waals surface area contributed by atoms with Crippen LogP contribution in [0, 0.1) is 11.3 Å². The van der Waals surface area contributed by atoms with Crippen LogP contribution in [0.5, 0.6) is 0 Å². The first-order valence-electron chi connectivity index (χ1n) is 9.84. The summed E-state index contributed by atoms with van der Waals surface area (Å²) in [5.74, 6) is 6.10. The molecule has 0 bridgehead atoms. The highest BCUT2D eigenvalue weighted by Crippen LogP contribution is 2.70. The van der Waals surface area contributed by atoms with Gasteiger partial charge in [-0.15, -0.1) is 47.0 Å². The van der Waals surface area contributed by atoms with Crippen LogP contribution >= 0.6 is 47.0 Å². The summed E-state index contributed by atoms with van der Waals surface area (Å²) in [6.45, 7) is 11.8. The van der Waals surface area contributed by atoms with Gasteiger partial charge in [0.25, 0.3) is 0 Å². The number of hydrogen-bond donors (Lipinski definition) is 0. The van der Waals surface area contributed by atoms with E-state index in [-0.39, 0.29) is 0 Å². The molecule has 0 radical (unpaired) electrons. The lowest BCUT2D eigenvalue weighted by atomic mass is 9.60. The van der Waals surface area contributed by atoms with Gasteiger partial charge in [0.05, 0.1) is 8.16 Å². The summed E-state index contributed by atoms with van der Waals surface area (Å²) in [6, 6.07) is 0. The van der Waals surface area contributed by atoms with Gasteiger partial charge in [-0.1, -0.05) is 24.6 Å². The van der Waals surface area contributed by atoms with Gasteiger partial charge in [-0.2, -0.15) is 0 Å². The molecule has 2 atom stereocenters. The van der Waals surface area contributed by atoms with E-state index in [1.807, 2.05) is 5.57 Å². The maximum Gasteiger partial charge on any atom is 0.0820 e. The summed E-state index contributed by atoms with van der Waals surface area (Å²) >= 11 is 9.13. The van der Waals surface area contributed by atoms with Gasteiger partial charge < -0.3 is 0 Å². The van der Waals surface area contributed by atoms with Gasteiger partial charge in [-0.3, -0.25) is 0 Å². The first-order chi connectivity index (χ1) is 11.9. The molecular formula is C21H32S4. The second-order valence-corrected chi connectivity index (χ2v) is 14.6. The van der Waals surface area contributed by atoms with E-state index in [1.54, 1.807) is 5.57 Å². The fourth-order valence-electron chi connectivity index (χ4n) is 5.36. The number of allylic oxidation sites excluding steroid dienone is 2. The first kappa shape index (κ1) is 19.2. The molecule has 2 aliphatic heterocycles. The van der Waals surface area contributed by atoms with Crippen molar-refractivity contribution in [2.45, 2.75) is 67.5 Å². The van der Waals surface area contributed by atoms with Crippen LogP contribution in [0.4, 0.5) is 0 Å². The highest BCUT2D eigenvalue weighted by atomic mass is 32.2. The Labute approximate surface area is 171 Å². The van der Waals surface area contributed by atoms with E-state index in [0.29, 0.717) is 19.5 Å². The Morgan fingerprint density at radius 2 is 1.60 bits per heavy atom. The van der Waals surface area contributed by atoms with Crippen LogP contribution in [0.1, 0.15) is 59.3 Å². The quantitative estimate of drug-likeness (QED) is 0.417. The lowest BCUT2D eigenvalue weighted by molar-refractivity contribution is 0.218. The molecule has 0 amide bonds. The lowest BCUT2D eigenvalue weighted by Crippen LogP contribution is -2.53. The third-order valence-corrected chi connectivity index (χ3v) is 14.6. The molecule has 2 aliphatic carbocycles. The smallest absolute Gasteiger partial charge is 0.0820 e. The molecule has 0 N–H and O–H groups in total. The van der Waals surface area contributed by atoms with Gasteiger partial charge in [-0.25, -0.2) is 0 Å². The summed E-state index contributed by atoms with van der Waals surface area (Å²) in [4.78, 5) is 0. The third kappa shape index (κ3) is 3.00. The van der Waals surface area contributed by atoms with Gasteiger partial charge in [0.2, 0.25) is 0 Å². The maximum atomic E-state index is 4.39. The first-order valence-corrected chi connectivity index (χ1v) is 13.8. The molecule has 0 aromatic heterocycles. The number of rotatable bonds is 1. The lowest BCUT2D eigenvalue weighted by Gasteiger charge is -2.61. The van der Waals surface area contributed by atoms with Crippen molar-refractivity contribution in [1.29, 1.82) is 0 Å². The summed E-state index contributed by atoms with van der Waals surface area (Å²) < 4.78 is 0.796. The molecule has 25 heavy (non-hydrogen) atoms. The van der Waals surface area contributed by atoms with Crippen LogP contribution in [-0.4, -0.2) is 31.2 Å². The standard InChI is InChI=1S/C21H32S4/c1-15(2)17-13-18-16(3)20(22-9-5-10-23-20)8-7-19(18,4)21(14-17)24-11-6-12-25-21/h17H,1,5-14H2,2-4H3/t17-,19-/m0/s1. The summed E-state index contributed by atoms with van der Waals surface area (Å²) in [5.41, 5.74) is 5.40. The highest BCUT2D eigenvalue weighted by Gasteiger charge is 2.59. The Kier molecular flexibility index (Phi) is 5.41. The van der Waals surface area contributed by atoms with E-state index in [4.69, 9.17) is 0 Å². The van der Waals surface area contributed by atoms with Crippen molar-refractivity contribution in [2.75, 3.05) is 23.0 Å².